The summed E-state index contributed by atoms with van der Waals surface area (Å²) in [5.74, 6) is 0.117. The highest BCUT2D eigenvalue weighted by atomic mass is 16.2. The standard InChI is InChI=1S/C10H21N3O2/c1-4-12-9(14)8-11-7-5-6-10(15)13(2)3/h11H,4-8H2,1-3H3,(H,12,14). The molecule has 0 bridgehead atoms. The molecule has 5 heteroatoms. The van der Waals surface area contributed by atoms with Gasteiger partial charge in [-0.3, -0.25) is 9.59 Å². The number of rotatable bonds is 7. The van der Waals surface area contributed by atoms with Crippen molar-refractivity contribution < 1.29 is 9.59 Å². The van der Waals surface area contributed by atoms with Crippen molar-refractivity contribution in [2.75, 3.05) is 33.7 Å². The van der Waals surface area contributed by atoms with Gasteiger partial charge in [-0.25, -0.2) is 0 Å². The van der Waals surface area contributed by atoms with E-state index >= 15 is 0 Å². The van der Waals surface area contributed by atoms with Crippen LogP contribution < -0.4 is 10.6 Å². The minimum atomic E-state index is -0.00330. The van der Waals surface area contributed by atoms with Gasteiger partial charge in [0, 0.05) is 27.1 Å². The SMILES string of the molecule is CCNC(=O)CNCCCC(=O)N(C)C. The number of nitrogens with zero attached hydrogens (tertiary/aromatic N) is 1. The van der Waals surface area contributed by atoms with Crippen molar-refractivity contribution in [3.05, 3.63) is 0 Å². The molecule has 2 N–H and O–H groups in total. The molecule has 0 aromatic carbocycles. The first-order chi connectivity index (χ1) is 7.07. The number of carbonyl (C=O) groups is 2. The summed E-state index contributed by atoms with van der Waals surface area (Å²) in [6.45, 7) is 3.55. The Morgan fingerprint density at radius 1 is 1.27 bits per heavy atom. The zero-order valence-electron chi connectivity index (χ0n) is 9.80. The van der Waals surface area contributed by atoms with Crippen LogP contribution in [0.5, 0.6) is 0 Å². The third kappa shape index (κ3) is 7.93. The molecular weight excluding hydrogens is 194 g/mol. The monoisotopic (exact) mass is 215 g/mol. The van der Waals surface area contributed by atoms with E-state index < -0.39 is 0 Å². The molecule has 0 saturated heterocycles. The second-order valence-corrected chi connectivity index (χ2v) is 3.52. The quantitative estimate of drug-likeness (QED) is 0.567. The molecule has 0 heterocycles. The smallest absolute Gasteiger partial charge is 0.233 e. The van der Waals surface area contributed by atoms with Gasteiger partial charge in [-0.1, -0.05) is 0 Å². The van der Waals surface area contributed by atoms with E-state index in [1.54, 1.807) is 19.0 Å². The maximum atomic E-state index is 11.2. The molecule has 15 heavy (non-hydrogen) atoms. The van der Waals surface area contributed by atoms with Crippen LogP contribution >= 0.6 is 0 Å². The number of amides is 2. The van der Waals surface area contributed by atoms with Gasteiger partial charge < -0.3 is 15.5 Å². The van der Waals surface area contributed by atoms with E-state index in [1.165, 1.54) is 0 Å². The summed E-state index contributed by atoms with van der Waals surface area (Å²) in [7, 11) is 3.48. The molecule has 2 amide bonds. The Bertz CT molecular complexity index is 205. The fourth-order valence-electron chi connectivity index (χ4n) is 1.05. The summed E-state index contributed by atoms with van der Waals surface area (Å²) in [5, 5.41) is 5.67. The molecule has 0 aliphatic carbocycles. The van der Waals surface area contributed by atoms with Gasteiger partial charge in [0.25, 0.3) is 0 Å². The highest BCUT2D eigenvalue weighted by molar-refractivity contribution is 5.78. The van der Waals surface area contributed by atoms with E-state index in [-0.39, 0.29) is 11.8 Å². The van der Waals surface area contributed by atoms with E-state index in [1.807, 2.05) is 6.92 Å². The molecule has 0 unspecified atom stereocenters. The van der Waals surface area contributed by atoms with Crippen LogP contribution in [0.25, 0.3) is 0 Å². The normalized spacial score (nSPS) is 9.80. The molecule has 0 fully saturated rings. The van der Waals surface area contributed by atoms with Crippen LogP contribution in [0.4, 0.5) is 0 Å². The fourth-order valence-corrected chi connectivity index (χ4v) is 1.05. The minimum Gasteiger partial charge on any atom is -0.355 e. The second kappa shape index (κ2) is 8.23. The van der Waals surface area contributed by atoms with E-state index in [0.717, 1.165) is 6.42 Å². The van der Waals surface area contributed by atoms with E-state index in [9.17, 15) is 9.59 Å². The number of nitrogens with one attached hydrogen (secondary N) is 2. The first kappa shape index (κ1) is 13.9. The topological polar surface area (TPSA) is 61.4 Å². The van der Waals surface area contributed by atoms with Gasteiger partial charge in [-0.05, 0) is 19.9 Å². The predicted octanol–water partition coefficient (Wildman–Crippen LogP) is -0.419. The Balaban J connectivity index is 3.32. The highest BCUT2D eigenvalue weighted by Crippen LogP contribution is 1.91. The van der Waals surface area contributed by atoms with Crippen LogP contribution in [0, 0.1) is 0 Å². The van der Waals surface area contributed by atoms with Crippen molar-refractivity contribution >= 4 is 11.8 Å². The first-order valence-corrected chi connectivity index (χ1v) is 5.25. The molecule has 88 valence electrons. The average Bonchev–Trinajstić information content (AvgIpc) is 2.17. The Kier molecular flexibility index (Phi) is 7.62. The fraction of sp³-hybridized carbons (Fsp3) is 0.800. The lowest BCUT2D eigenvalue weighted by atomic mass is 10.3. The summed E-state index contributed by atoms with van der Waals surface area (Å²) in [6.07, 6.45) is 1.28. The summed E-state index contributed by atoms with van der Waals surface area (Å²) < 4.78 is 0. The molecular formula is C10H21N3O2. The van der Waals surface area contributed by atoms with Gasteiger partial charge in [-0.15, -0.1) is 0 Å². The zero-order chi connectivity index (χ0) is 11.7. The Hall–Kier alpha value is -1.10. The third-order valence-corrected chi connectivity index (χ3v) is 1.90. The largest absolute Gasteiger partial charge is 0.355 e. The van der Waals surface area contributed by atoms with Crippen molar-refractivity contribution in [1.82, 2.24) is 15.5 Å². The zero-order valence-corrected chi connectivity index (χ0v) is 9.80. The lowest BCUT2D eigenvalue weighted by Crippen LogP contribution is -2.34. The molecule has 0 aromatic heterocycles. The van der Waals surface area contributed by atoms with Crippen LogP contribution in [-0.4, -0.2) is 50.4 Å². The third-order valence-electron chi connectivity index (χ3n) is 1.90. The lowest BCUT2D eigenvalue weighted by Gasteiger charge is -2.09. The number of hydrogen-bond acceptors (Lipinski definition) is 3. The van der Waals surface area contributed by atoms with Gasteiger partial charge in [0.1, 0.15) is 0 Å². The van der Waals surface area contributed by atoms with Crippen molar-refractivity contribution in [3.63, 3.8) is 0 Å². The molecule has 0 rings (SSSR count). The van der Waals surface area contributed by atoms with Crippen LogP contribution in [0.15, 0.2) is 0 Å². The predicted molar refractivity (Wildman–Crippen MR) is 59.5 cm³/mol. The average molecular weight is 215 g/mol. The molecule has 0 spiro atoms. The van der Waals surface area contributed by atoms with E-state index in [2.05, 4.69) is 10.6 Å². The van der Waals surface area contributed by atoms with Gasteiger partial charge in [0.15, 0.2) is 0 Å². The van der Waals surface area contributed by atoms with E-state index in [4.69, 9.17) is 0 Å². The lowest BCUT2D eigenvalue weighted by molar-refractivity contribution is -0.128. The van der Waals surface area contributed by atoms with Crippen molar-refractivity contribution in [1.29, 1.82) is 0 Å². The minimum absolute atomic E-state index is 0.00330. The van der Waals surface area contributed by atoms with Crippen LogP contribution in [0.2, 0.25) is 0 Å². The molecule has 0 atom stereocenters. The highest BCUT2D eigenvalue weighted by Gasteiger charge is 2.03. The Morgan fingerprint density at radius 3 is 2.47 bits per heavy atom. The maximum Gasteiger partial charge on any atom is 0.233 e. The van der Waals surface area contributed by atoms with Crippen LogP contribution in [0.1, 0.15) is 19.8 Å². The molecule has 0 aliphatic rings. The summed E-state index contributed by atoms with van der Waals surface area (Å²) in [6, 6.07) is 0. The number of carbonyl (C=O) groups excluding carboxylic acids is 2. The number of likely N-dealkylation sites (N-methyl/N-ethyl adjacent to an activating group) is 1. The Morgan fingerprint density at radius 2 is 1.93 bits per heavy atom. The Labute approximate surface area is 91.2 Å². The van der Waals surface area contributed by atoms with Crippen molar-refractivity contribution in [2.45, 2.75) is 19.8 Å². The van der Waals surface area contributed by atoms with Crippen molar-refractivity contribution in [3.8, 4) is 0 Å². The van der Waals surface area contributed by atoms with Crippen LogP contribution in [0.3, 0.4) is 0 Å². The number of hydrogen-bond donors (Lipinski definition) is 2. The molecule has 0 saturated carbocycles. The van der Waals surface area contributed by atoms with E-state index in [0.29, 0.717) is 26.1 Å². The van der Waals surface area contributed by atoms with Gasteiger partial charge in [-0.2, -0.15) is 0 Å². The second-order valence-electron chi connectivity index (χ2n) is 3.52. The van der Waals surface area contributed by atoms with Gasteiger partial charge in [0.05, 0.1) is 6.54 Å². The molecule has 0 aromatic rings. The first-order valence-electron chi connectivity index (χ1n) is 5.25. The molecule has 5 nitrogen and oxygen atoms in total. The maximum absolute atomic E-state index is 11.2. The van der Waals surface area contributed by atoms with Gasteiger partial charge in [0.2, 0.25) is 11.8 Å². The van der Waals surface area contributed by atoms with Crippen LogP contribution in [-0.2, 0) is 9.59 Å². The summed E-state index contributed by atoms with van der Waals surface area (Å²) >= 11 is 0. The van der Waals surface area contributed by atoms with Crippen molar-refractivity contribution in [2.24, 2.45) is 0 Å². The molecule has 0 radical (unpaired) electrons. The molecule has 0 aliphatic heterocycles. The summed E-state index contributed by atoms with van der Waals surface area (Å²) in [5.41, 5.74) is 0. The van der Waals surface area contributed by atoms with Gasteiger partial charge >= 0.3 is 0 Å². The summed E-state index contributed by atoms with van der Waals surface area (Å²) in [4.78, 5) is 23.7.